The highest BCUT2D eigenvalue weighted by atomic mass is 16.5. The first-order valence-electron chi connectivity index (χ1n) is 3.10. The molecule has 0 fully saturated rings. The zero-order chi connectivity index (χ0) is 6.97. The molecule has 10 heavy (non-hydrogen) atoms. The fraction of sp³-hybridized carbons (Fsp3) is 0.333. The van der Waals surface area contributed by atoms with Gasteiger partial charge in [-0.15, -0.1) is 5.10 Å². The Morgan fingerprint density at radius 2 is 2.40 bits per heavy atom. The first-order valence-corrected chi connectivity index (χ1v) is 3.10. The minimum absolute atomic E-state index is 0.467. The van der Waals surface area contributed by atoms with E-state index in [2.05, 4.69) is 10.2 Å². The summed E-state index contributed by atoms with van der Waals surface area (Å²) in [6.07, 6.45) is 2.43. The van der Waals surface area contributed by atoms with Crippen molar-refractivity contribution in [3.63, 3.8) is 0 Å². The Balaban J connectivity index is 2.39. The van der Waals surface area contributed by atoms with Crippen molar-refractivity contribution in [1.82, 2.24) is 0 Å². The van der Waals surface area contributed by atoms with Gasteiger partial charge in [0.1, 0.15) is 0 Å². The van der Waals surface area contributed by atoms with E-state index in [0.29, 0.717) is 12.4 Å². The largest absolute Gasteiger partial charge is 0.500 e. The highest BCUT2D eigenvalue weighted by molar-refractivity contribution is 6.25. The zero-order valence-electron chi connectivity index (χ0n) is 5.37. The van der Waals surface area contributed by atoms with Crippen molar-refractivity contribution in [2.24, 2.45) is 15.9 Å². The predicted molar refractivity (Wildman–Crippen MR) is 37.7 cm³/mol. The van der Waals surface area contributed by atoms with Crippen molar-refractivity contribution in [2.45, 2.75) is 6.42 Å². The maximum Gasteiger partial charge on any atom is 0.158 e. The maximum absolute atomic E-state index is 5.48. The minimum atomic E-state index is 0.467. The molecule has 2 rings (SSSR count). The van der Waals surface area contributed by atoms with Gasteiger partial charge >= 0.3 is 0 Å². The molecule has 52 valence electrons. The molecule has 2 aliphatic rings. The Kier molecular flexibility index (Phi) is 1.00. The molecule has 0 aliphatic carbocycles. The van der Waals surface area contributed by atoms with Crippen molar-refractivity contribution in [2.75, 3.05) is 6.61 Å². The number of rotatable bonds is 0. The summed E-state index contributed by atoms with van der Waals surface area (Å²) in [5, 5.41) is 7.58. The third-order valence-corrected chi connectivity index (χ3v) is 1.52. The van der Waals surface area contributed by atoms with Crippen LogP contribution in [0.15, 0.2) is 22.0 Å². The molecule has 0 saturated heterocycles. The van der Waals surface area contributed by atoms with E-state index in [9.17, 15) is 0 Å². The maximum atomic E-state index is 5.48. The molecule has 4 heteroatoms. The number of amidine groups is 1. The van der Waals surface area contributed by atoms with Crippen molar-refractivity contribution in [3.05, 3.63) is 11.8 Å². The molecular weight excluding hydrogens is 130 g/mol. The van der Waals surface area contributed by atoms with Gasteiger partial charge in [-0.3, -0.25) is 0 Å². The lowest BCUT2D eigenvalue weighted by Gasteiger charge is -2.09. The Morgan fingerprint density at radius 1 is 1.50 bits per heavy atom. The van der Waals surface area contributed by atoms with Gasteiger partial charge < -0.3 is 10.5 Å². The number of nitrogens with zero attached hydrogens (tertiary/aromatic N) is 2. The highest BCUT2D eigenvalue weighted by Crippen LogP contribution is 2.14. The van der Waals surface area contributed by atoms with Gasteiger partial charge in [0.15, 0.2) is 5.84 Å². The molecule has 0 aromatic heterocycles. The Bertz CT molecular complexity index is 252. The lowest BCUT2D eigenvalue weighted by Crippen LogP contribution is -2.20. The number of ether oxygens (including phenoxy) is 1. The summed E-state index contributed by atoms with van der Waals surface area (Å²) in [4.78, 5) is 0. The summed E-state index contributed by atoms with van der Waals surface area (Å²) in [5.74, 6) is 0.467. The van der Waals surface area contributed by atoms with Crippen LogP contribution in [0.1, 0.15) is 6.42 Å². The van der Waals surface area contributed by atoms with Crippen LogP contribution in [0.3, 0.4) is 0 Å². The lowest BCUT2D eigenvalue weighted by atomic mass is 10.1. The van der Waals surface area contributed by atoms with Crippen LogP contribution in [0, 0.1) is 0 Å². The molecule has 4 nitrogen and oxygen atoms in total. The van der Waals surface area contributed by atoms with E-state index in [0.717, 1.165) is 17.7 Å². The third kappa shape index (κ3) is 0.618. The fourth-order valence-corrected chi connectivity index (χ4v) is 0.981. The molecule has 2 aliphatic heterocycles. The monoisotopic (exact) mass is 137 g/mol. The molecule has 0 spiro atoms. The average molecular weight is 137 g/mol. The first-order chi connectivity index (χ1) is 4.88. The van der Waals surface area contributed by atoms with Crippen LogP contribution in [0.2, 0.25) is 0 Å². The SMILES string of the molecule is NC1=NN=C2CCOC=C12. The Morgan fingerprint density at radius 3 is 3.20 bits per heavy atom. The standard InChI is InChI=1S/C6H7N3O/c7-6-4-3-10-2-1-5(4)8-9-6/h3H,1-2H2,(H2,7,9). The summed E-state index contributed by atoms with van der Waals surface area (Å²) in [6, 6.07) is 0. The van der Waals surface area contributed by atoms with Crippen molar-refractivity contribution in [3.8, 4) is 0 Å². The van der Waals surface area contributed by atoms with Gasteiger partial charge in [0.2, 0.25) is 0 Å². The van der Waals surface area contributed by atoms with Crippen LogP contribution in [0.4, 0.5) is 0 Å². The summed E-state index contributed by atoms with van der Waals surface area (Å²) >= 11 is 0. The molecule has 0 saturated carbocycles. The number of hydrogen-bond donors (Lipinski definition) is 1. The van der Waals surface area contributed by atoms with E-state index in [-0.39, 0.29) is 0 Å². The lowest BCUT2D eigenvalue weighted by molar-refractivity contribution is 0.253. The van der Waals surface area contributed by atoms with Gasteiger partial charge in [0, 0.05) is 6.42 Å². The van der Waals surface area contributed by atoms with Crippen molar-refractivity contribution >= 4 is 11.5 Å². The predicted octanol–water partition coefficient (Wildman–Crippen LogP) is 0.0174. The van der Waals surface area contributed by atoms with E-state index in [1.165, 1.54) is 0 Å². The third-order valence-electron chi connectivity index (χ3n) is 1.52. The summed E-state index contributed by atoms with van der Waals surface area (Å²) < 4.78 is 5.05. The number of hydrogen-bond acceptors (Lipinski definition) is 4. The van der Waals surface area contributed by atoms with E-state index in [1.54, 1.807) is 6.26 Å². The van der Waals surface area contributed by atoms with Crippen molar-refractivity contribution in [1.29, 1.82) is 0 Å². The molecule has 0 aromatic rings. The summed E-state index contributed by atoms with van der Waals surface area (Å²) in [5.41, 5.74) is 7.28. The van der Waals surface area contributed by atoms with Gasteiger partial charge in [-0.1, -0.05) is 0 Å². The zero-order valence-corrected chi connectivity index (χ0v) is 5.37. The normalized spacial score (nSPS) is 22.2. The van der Waals surface area contributed by atoms with E-state index < -0.39 is 0 Å². The Hall–Kier alpha value is -1.32. The molecule has 2 heterocycles. The number of nitrogens with two attached hydrogens (primary N) is 1. The second-order valence-electron chi connectivity index (χ2n) is 2.18. The molecule has 0 amide bonds. The van der Waals surface area contributed by atoms with E-state index in [1.807, 2.05) is 0 Å². The smallest absolute Gasteiger partial charge is 0.158 e. The quantitative estimate of drug-likeness (QED) is 0.511. The Labute approximate surface area is 58.1 Å². The van der Waals surface area contributed by atoms with Crippen LogP contribution >= 0.6 is 0 Å². The molecule has 0 aromatic carbocycles. The van der Waals surface area contributed by atoms with Crippen LogP contribution in [-0.4, -0.2) is 18.2 Å². The number of fused-ring (bicyclic) bond motifs is 1. The highest BCUT2D eigenvalue weighted by Gasteiger charge is 2.20. The molecule has 0 unspecified atom stereocenters. The minimum Gasteiger partial charge on any atom is -0.500 e. The second kappa shape index (κ2) is 1.83. The summed E-state index contributed by atoms with van der Waals surface area (Å²) in [6.45, 7) is 0.686. The van der Waals surface area contributed by atoms with Crippen LogP contribution in [0.25, 0.3) is 0 Å². The van der Waals surface area contributed by atoms with Crippen LogP contribution < -0.4 is 5.73 Å². The second-order valence-corrected chi connectivity index (χ2v) is 2.18. The topological polar surface area (TPSA) is 60.0 Å². The fourth-order valence-electron chi connectivity index (χ4n) is 0.981. The van der Waals surface area contributed by atoms with E-state index in [4.69, 9.17) is 10.5 Å². The van der Waals surface area contributed by atoms with Crippen LogP contribution in [-0.2, 0) is 4.74 Å². The average Bonchev–Trinajstić information content (AvgIpc) is 2.34. The van der Waals surface area contributed by atoms with Gasteiger partial charge in [0.25, 0.3) is 0 Å². The molecule has 2 N–H and O–H groups in total. The molecule has 0 atom stereocenters. The van der Waals surface area contributed by atoms with Gasteiger partial charge in [0.05, 0.1) is 24.2 Å². The summed E-state index contributed by atoms with van der Waals surface area (Å²) in [7, 11) is 0. The van der Waals surface area contributed by atoms with Crippen molar-refractivity contribution < 1.29 is 4.74 Å². The first kappa shape index (κ1) is 5.46. The van der Waals surface area contributed by atoms with Gasteiger partial charge in [-0.25, -0.2) is 0 Å². The molecular formula is C6H7N3O. The van der Waals surface area contributed by atoms with Crippen LogP contribution in [0.5, 0.6) is 0 Å². The van der Waals surface area contributed by atoms with Gasteiger partial charge in [-0.05, 0) is 0 Å². The molecule has 0 bridgehead atoms. The van der Waals surface area contributed by atoms with E-state index >= 15 is 0 Å². The molecule has 0 radical (unpaired) electrons. The van der Waals surface area contributed by atoms with Gasteiger partial charge in [-0.2, -0.15) is 5.10 Å².